The number of anilines is 2. The van der Waals surface area contributed by atoms with Gasteiger partial charge < -0.3 is 16.4 Å². The molecule has 36 heavy (non-hydrogen) atoms. The second-order valence-corrected chi connectivity index (χ2v) is 11.6. The van der Waals surface area contributed by atoms with E-state index in [9.17, 15) is 14.4 Å². The molecule has 0 aliphatic carbocycles. The number of nitrogens with zero attached hydrogens (tertiary/aromatic N) is 1. The Balaban J connectivity index is 1.99. The average Bonchev–Trinajstić information content (AvgIpc) is 2.84. The molecule has 4 N–H and O–H groups in total. The van der Waals surface area contributed by atoms with Gasteiger partial charge in [-0.25, -0.2) is 0 Å². The number of rotatable bonds is 7. The highest BCUT2D eigenvalue weighted by molar-refractivity contribution is 6.17. The van der Waals surface area contributed by atoms with Gasteiger partial charge in [-0.15, -0.1) is 0 Å². The van der Waals surface area contributed by atoms with E-state index in [4.69, 9.17) is 5.73 Å². The van der Waals surface area contributed by atoms with Crippen molar-refractivity contribution in [1.82, 2.24) is 5.32 Å². The zero-order valence-corrected chi connectivity index (χ0v) is 22.6. The first-order valence-corrected chi connectivity index (χ1v) is 12.7. The molecule has 7 heteroatoms. The maximum absolute atomic E-state index is 13.8. The summed E-state index contributed by atoms with van der Waals surface area (Å²) in [6.07, 6.45) is 0.734. The standard InChI is InChI=1S/C29H40N4O3/c1-8-18(2)24-26(35)32-22-15-20(25(34)31-17-29(6,7)16-30)11-14-23(22)33(24)27(36)19-9-12-21(13-10-19)28(3,4)5/h9-15,18,24H,8,16-17,30H2,1-7H3,(H,31,34)(H,32,35). The van der Waals surface area contributed by atoms with Crippen molar-refractivity contribution in [1.29, 1.82) is 0 Å². The summed E-state index contributed by atoms with van der Waals surface area (Å²) in [6, 6.07) is 12.0. The number of hydrogen-bond acceptors (Lipinski definition) is 4. The highest BCUT2D eigenvalue weighted by Gasteiger charge is 2.40. The number of benzene rings is 2. The Kier molecular flexibility index (Phi) is 7.94. The second-order valence-electron chi connectivity index (χ2n) is 11.6. The predicted octanol–water partition coefficient (Wildman–Crippen LogP) is 4.71. The van der Waals surface area contributed by atoms with E-state index in [1.165, 1.54) is 0 Å². The molecule has 1 heterocycles. The Morgan fingerprint density at radius 3 is 2.22 bits per heavy atom. The first kappa shape index (κ1) is 27.4. The summed E-state index contributed by atoms with van der Waals surface area (Å²) < 4.78 is 0. The smallest absolute Gasteiger partial charge is 0.259 e. The van der Waals surface area contributed by atoms with Crippen LogP contribution in [0.1, 0.15) is 81.2 Å². The van der Waals surface area contributed by atoms with Crippen LogP contribution in [0.2, 0.25) is 0 Å². The van der Waals surface area contributed by atoms with E-state index in [1.807, 2.05) is 52.0 Å². The molecule has 0 fully saturated rings. The van der Waals surface area contributed by atoms with Crippen molar-refractivity contribution in [3.05, 3.63) is 59.2 Å². The highest BCUT2D eigenvalue weighted by Crippen LogP contribution is 2.37. The fourth-order valence-corrected chi connectivity index (χ4v) is 4.18. The van der Waals surface area contributed by atoms with E-state index in [2.05, 4.69) is 31.4 Å². The molecular weight excluding hydrogens is 452 g/mol. The van der Waals surface area contributed by atoms with E-state index in [0.717, 1.165) is 12.0 Å². The maximum atomic E-state index is 13.8. The van der Waals surface area contributed by atoms with Crippen LogP contribution in [-0.4, -0.2) is 36.9 Å². The first-order valence-electron chi connectivity index (χ1n) is 12.7. The quantitative estimate of drug-likeness (QED) is 0.520. The minimum absolute atomic E-state index is 0.0329. The number of carbonyl (C=O) groups excluding carboxylic acids is 3. The van der Waals surface area contributed by atoms with Crippen molar-refractivity contribution < 1.29 is 14.4 Å². The number of hydrogen-bond donors (Lipinski definition) is 3. The molecule has 1 aliphatic rings. The summed E-state index contributed by atoms with van der Waals surface area (Å²) in [5.74, 6) is -0.803. The number of nitrogens with two attached hydrogens (primary N) is 1. The molecule has 2 aromatic rings. The maximum Gasteiger partial charge on any atom is 0.259 e. The van der Waals surface area contributed by atoms with Gasteiger partial charge in [0.15, 0.2) is 0 Å². The molecule has 2 unspecified atom stereocenters. The molecule has 194 valence electrons. The molecule has 0 bridgehead atoms. The van der Waals surface area contributed by atoms with Gasteiger partial charge in [0, 0.05) is 17.7 Å². The van der Waals surface area contributed by atoms with Crippen LogP contribution in [0.4, 0.5) is 11.4 Å². The zero-order chi connectivity index (χ0) is 26.8. The van der Waals surface area contributed by atoms with Crippen molar-refractivity contribution in [2.75, 3.05) is 23.3 Å². The van der Waals surface area contributed by atoms with Crippen LogP contribution in [0.15, 0.2) is 42.5 Å². The lowest BCUT2D eigenvalue weighted by Gasteiger charge is -2.39. The van der Waals surface area contributed by atoms with E-state index < -0.39 is 6.04 Å². The lowest BCUT2D eigenvalue weighted by molar-refractivity contribution is -0.118. The lowest BCUT2D eigenvalue weighted by Crippen LogP contribution is -2.54. The van der Waals surface area contributed by atoms with E-state index in [1.54, 1.807) is 23.1 Å². The summed E-state index contributed by atoms with van der Waals surface area (Å²) in [6.45, 7) is 15.2. The van der Waals surface area contributed by atoms with E-state index >= 15 is 0 Å². The third kappa shape index (κ3) is 5.78. The predicted molar refractivity (Wildman–Crippen MR) is 145 cm³/mol. The van der Waals surface area contributed by atoms with Gasteiger partial charge in [0.2, 0.25) is 5.91 Å². The third-order valence-electron chi connectivity index (χ3n) is 7.00. The second kappa shape index (κ2) is 10.4. The molecule has 0 aromatic heterocycles. The zero-order valence-electron chi connectivity index (χ0n) is 22.6. The van der Waals surface area contributed by atoms with Gasteiger partial charge in [-0.1, -0.05) is 67.0 Å². The van der Waals surface area contributed by atoms with Crippen LogP contribution in [-0.2, 0) is 10.2 Å². The van der Waals surface area contributed by atoms with Crippen LogP contribution < -0.4 is 21.3 Å². The number of fused-ring (bicyclic) bond motifs is 1. The Morgan fingerprint density at radius 2 is 1.67 bits per heavy atom. The topological polar surface area (TPSA) is 105 Å². The number of amides is 3. The SMILES string of the molecule is CCC(C)C1C(=O)Nc2cc(C(=O)NCC(C)(C)CN)ccc2N1C(=O)c1ccc(C(C)(C)C)cc1. The first-order chi connectivity index (χ1) is 16.8. The Morgan fingerprint density at radius 1 is 1.06 bits per heavy atom. The molecule has 0 spiro atoms. The van der Waals surface area contributed by atoms with Crippen LogP contribution in [0.3, 0.4) is 0 Å². The average molecular weight is 493 g/mol. The van der Waals surface area contributed by atoms with Crippen molar-refractivity contribution in [3.8, 4) is 0 Å². The van der Waals surface area contributed by atoms with Crippen molar-refractivity contribution >= 4 is 29.1 Å². The van der Waals surface area contributed by atoms with Gasteiger partial charge in [0.1, 0.15) is 6.04 Å². The number of carbonyl (C=O) groups is 3. The molecule has 0 saturated heterocycles. The van der Waals surface area contributed by atoms with Crippen LogP contribution in [0.5, 0.6) is 0 Å². The minimum atomic E-state index is -0.651. The van der Waals surface area contributed by atoms with Gasteiger partial charge in [0.05, 0.1) is 11.4 Å². The summed E-state index contributed by atoms with van der Waals surface area (Å²) in [5.41, 5.74) is 8.60. The molecule has 3 amide bonds. The lowest BCUT2D eigenvalue weighted by atomic mass is 9.86. The van der Waals surface area contributed by atoms with Crippen LogP contribution >= 0.6 is 0 Å². The summed E-state index contributed by atoms with van der Waals surface area (Å²) in [5, 5.41) is 5.85. The van der Waals surface area contributed by atoms with Crippen molar-refractivity contribution in [3.63, 3.8) is 0 Å². The molecule has 2 atom stereocenters. The molecular formula is C29H40N4O3. The summed E-state index contributed by atoms with van der Waals surface area (Å²) in [4.78, 5) is 41.5. The van der Waals surface area contributed by atoms with Gasteiger partial charge in [-0.2, -0.15) is 0 Å². The molecule has 2 aromatic carbocycles. The largest absolute Gasteiger partial charge is 0.351 e. The van der Waals surface area contributed by atoms with Crippen LogP contribution in [0, 0.1) is 11.3 Å². The summed E-state index contributed by atoms with van der Waals surface area (Å²) in [7, 11) is 0. The Bertz CT molecular complexity index is 1130. The Labute approximate surface area is 214 Å². The van der Waals surface area contributed by atoms with Gasteiger partial charge in [-0.05, 0) is 59.2 Å². The highest BCUT2D eigenvalue weighted by atomic mass is 16.2. The van der Waals surface area contributed by atoms with E-state index in [0.29, 0.717) is 35.6 Å². The fraction of sp³-hybridized carbons (Fsp3) is 0.483. The van der Waals surface area contributed by atoms with Crippen molar-refractivity contribution in [2.45, 2.75) is 66.3 Å². The molecule has 0 radical (unpaired) electrons. The monoisotopic (exact) mass is 492 g/mol. The molecule has 3 rings (SSSR count). The fourth-order valence-electron chi connectivity index (χ4n) is 4.18. The number of nitrogens with one attached hydrogen (secondary N) is 2. The molecule has 7 nitrogen and oxygen atoms in total. The van der Waals surface area contributed by atoms with E-state index in [-0.39, 0.29) is 34.5 Å². The van der Waals surface area contributed by atoms with Gasteiger partial charge in [0.25, 0.3) is 11.8 Å². The normalized spacial score (nSPS) is 16.7. The third-order valence-corrected chi connectivity index (χ3v) is 7.00. The molecule has 0 saturated carbocycles. The van der Waals surface area contributed by atoms with Crippen molar-refractivity contribution in [2.24, 2.45) is 17.1 Å². The minimum Gasteiger partial charge on any atom is -0.351 e. The molecule has 1 aliphatic heterocycles. The van der Waals surface area contributed by atoms with Crippen LogP contribution in [0.25, 0.3) is 0 Å². The van der Waals surface area contributed by atoms with Gasteiger partial charge in [-0.3, -0.25) is 19.3 Å². The van der Waals surface area contributed by atoms with Gasteiger partial charge >= 0.3 is 0 Å². The Hall–Kier alpha value is -3.19. The summed E-state index contributed by atoms with van der Waals surface area (Å²) >= 11 is 0.